The smallest absolute Gasteiger partial charge is 0.337 e. The molecule has 1 aromatic carbocycles. The zero-order valence-electron chi connectivity index (χ0n) is 9.52. The van der Waals surface area contributed by atoms with Gasteiger partial charge in [-0.15, -0.1) is 0 Å². The lowest BCUT2D eigenvalue weighted by molar-refractivity contribution is 0.0698. The largest absolute Gasteiger partial charge is 0.478 e. The third kappa shape index (κ3) is 3.15. The van der Waals surface area contributed by atoms with Crippen LogP contribution in [-0.2, 0) is 0 Å². The Balaban J connectivity index is 2.33. The topological polar surface area (TPSA) is 88.2 Å². The van der Waals surface area contributed by atoms with E-state index in [4.69, 9.17) is 22.4 Å². The first-order valence-corrected chi connectivity index (χ1v) is 6.35. The van der Waals surface area contributed by atoms with Gasteiger partial charge in [0.05, 0.1) is 28.2 Å². The van der Waals surface area contributed by atoms with Crippen LogP contribution in [-0.4, -0.2) is 16.1 Å². The van der Waals surface area contributed by atoms with Crippen molar-refractivity contribution in [3.05, 3.63) is 45.5 Å². The van der Waals surface area contributed by atoms with Gasteiger partial charge in [-0.3, -0.25) is 0 Å². The Bertz CT molecular complexity index is 649. The van der Waals surface area contributed by atoms with Gasteiger partial charge in [0.15, 0.2) is 0 Å². The fraction of sp³-hybridized carbons (Fsp3) is 0. The zero-order valence-corrected chi connectivity index (χ0v) is 11.9. The molecular formula is C12H9BrClN3O2. The molecule has 98 valence electrons. The van der Waals surface area contributed by atoms with Crippen LogP contribution in [0.5, 0.6) is 0 Å². The van der Waals surface area contributed by atoms with E-state index < -0.39 is 5.97 Å². The molecule has 0 aliphatic heterocycles. The second kappa shape index (κ2) is 5.46. The number of rotatable bonds is 3. The number of carboxylic acids is 1. The van der Waals surface area contributed by atoms with Gasteiger partial charge in [0, 0.05) is 4.47 Å². The number of aromatic carboxylic acids is 1. The van der Waals surface area contributed by atoms with Gasteiger partial charge in [-0.05, 0) is 24.3 Å². The monoisotopic (exact) mass is 341 g/mol. The number of carbonyl (C=O) groups is 1. The lowest BCUT2D eigenvalue weighted by Gasteiger charge is -2.09. The molecule has 0 amide bonds. The number of nitrogens with one attached hydrogen (secondary N) is 1. The number of anilines is 3. The van der Waals surface area contributed by atoms with Crippen molar-refractivity contribution in [2.75, 3.05) is 11.1 Å². The zero-order chi connectivity index (χ0) is 14.0. The molecule has 0 saturated carbocycles. The van der Waals surface area contributed by atoms with E-state index in [2.05, 4.69) is 26.2 Å². The van der Waals surface area contributed by atoms with Crippen molar-refractivity contribution >= 4 is 50.7 Å². The van der Waals surface area contributed by atoms with E-state index in [0.29, 0.717) is 16.5 Å². The number of aromatic nitrogens is 1. The van der Waals surface area contributed by atoms with E-state index in [-0.39, 0.29) is 11.3 Å². The van der Waals surface area contributed by atoms with E-state index in [9.17, 15) is 4.79 Å². The van der Waals surface area contributed by atoms with Gasteiger partial charge >= 0.3 is 5.97 Å². The number of nitrogens with two attached hydrogens (primary N) is 1. The van der Waals surface area contributed by atoms with Gasteiger partial charge in [0.2, 0.25) is 0 Å². The van der Waals surface area contributed by atoms with Crippen LogP contribution >= 0.6 is 27.5 Å². The first-order chi connectivity index (χ1) is 8.97. The lowest BCUT2D eigenvalue weighted by atomic mass is 10.2. The molecular weight excluding hydrogens is 334 g/mol. The van der Waals surface area contributed by atoms with E-state index in [1.54, 1.807) is 12.1 Å². The maximum atomic E-state index is 11.0. The minimum Gasteiger partial charge on any atom is -0.478 e. The molecule has 0 atom stereocenters. The molecule has 0 aliphatic rings. The Morgan fingerprint density at radius 2 is 2.16 bits per heavy atom. The second-order valence-corrected chi connectivity index (χ2v) is 5.03. The summed E-state index contributed by atoms with van der Waals surface area (Å²) in [6.45, 7) is 0. The third-order valence-electron chi connectivity index (χ3n) is 2.36. The average molecular weight is 343 g/mol. The highest BCUT2D eigenvalue weighted by Crippen LogP contribution is 2.28. The highest BCUT2D eigenvalue weighted by molar-refractivity contribution is 9.10. The van der Waals surface area contributed by atoms with Crippen molar-refractivity contribution in [2.24, 2.45) is 0 Å². The summed E-state index contributed by atoms with van der Waals surface area (Å²) >= 11 is 9.35. The molecule has 0 bridgehead atoms. The molecule has 0 fully saturated rings. The number of nitrogen functional groups attached to an aromatic ring is 1. The summed E-state index contributed by atoms with van der Waals surface area (Å²) < 4.78 is 0.847. The van der Waals surface area contributed by atoms with Crippen LogP contribution in [0.25, 0.3) is 0 Å². The van der Waals surface area contributed by atoms with Gasteiger partial charge in [-0.25, -0.2) is 9.78 Å². The maximum absolute atomic E-state index is 11.0. The average Bonchev–Trinajstić information content (AvgIpc) is 2.34. The van der Waals surface area contributed by atoms with Gasteiger partial charge in [-0.2, -0.15) is 0 Å². The summed E-state index contributed by atoms with van der Waals surface area (Å²) in [6, 6.07) is 6.64. The summed E-state index contributed by atoms with van der Waals surface area (Å²) in [5, 5.41) is 12.4. The first kappa shape index (κ1) is 13.6. The number of benzene rings is 1. The lowest BCUT2D eigenvalue weighted by Crippen LogP contribution is -2.05. The van der Waals surface area contributed by atoms with Gasteiger partial charge in [-0.1, -0.05) is 27.5 Å². The van der Waals surface area contributed by atoms with Crippen LogP contribution in [0, 0.1) is 0 Å². The fourth-order valence-corrected chi connectivity index (χ4v) is 2.17. The highest BCUT2D eigenvalue weighted by Gasteiger charge is 2.10. The first-order valence-electron chi connectivity index (χ1n) is 5.18. The SMILES string of the molecule is Nc1cnc(Nc2ccc(Br)cc2Cl)cc1C(=O)O. The van der Waals surface area contributed by atoms with Crippen LogP contribution in [0.3, 0.4) is 0 Å². The molecule has 1 heterocycles. The number of pyridine rings is 1. The van der Waals surface area contributed by atoms with Crippen molar-refractivity contribution in [1.29, 1.82) is 0 Å². The summed E-state index contributed by atoms with van der Waals surface area (Å²) in [5.41, 5.74) is 6.26. The minimum absolute atomic E-state index is 0.00858. The molecule has 7 heteroatoms. The molecule has 0 radical (unpaired) electrons. The summed E-state index contributed by atoms with van der Waals surface area (Å²) in [7, 11) is 0. The molecule has 0 saturated heterocycles. The van der Waals surface area contributed by atoms with E-state index in [1.807, 2.05) is 6.07 Å². The van der Waals surface area contributed by atoms with E-state index >= 15 is 0 Å². The van der Waals surface area contributed by atoms with Crippen molar-refractivity contribution in [3.8, 4) is 0 Å². The van der Waals surface area contributed by atoms with E-state index in [1.165, 1.54) is 12.3 Å². The van der Waals surface area contributed by atoms with Crippen molar-refractivity contribution in [2.45, 2.75) is 0 Å². The predicted octanol–water partition coefficient (Wildman–Crippen LogP) is 3.52. The van der Waals surface area contributed by atoms with Crippen LogP contribution < -0.4 is 11.1 Å². The van der Waals surface area contributed by atoms with Crippen molar-refractivity contribution < 1.29 is 9.90 Å². The normalized spacial score (nSPS) is 10.2. The quantitative estimate of drug-likeness (QED) is 0.794. The maximum Gasteiger partial charge on any atom is 0.337 e. The number of hydrogen-bond acceptors (Lipinski definition) is 4. The molecule has 2 aromatic rings. The van der Waals surface area contributed by atoms with Crippen molar-refractivity contribution in [1.82, 2.24) is 4.98 Å². The number of hydrogen-bond donors (Lipinski definition) is 3. The minimum atomic E-state index is -1.11. The van der Waals surface area contributed by atoms with Crippen LogP contribution in [0.15, 0.2) is 34.9 Å². The molecule has 4 N–H and O–H groups in total. The van der Waals surface area contributed by atoms with E-state index in [0.717, 1.165) is 4.47 Å². The molecule has 0 spiro atoms. The summed E-state index contributed by atoms with van der Waals surface area (Å²) in [4.78, 5) is 15.0. The number of nitrogens with zero attached hydrogens (tertiary/aromatic N) is 1. The summed E-state index contributed by atoms with van der Waals surface area (Å²) in [5.74, 6) is -0.749. The Labute approximate surface area is 122 Å². The molecule has 0 unspecified atom stereocenters. The van der Waals surface area contributed by atoms with Crippen LogP contribution in [0.2, 0.25) is 5.02 Å². The molecule has 0 aliphatic carbocycles. The molecule has 19 heavy (non-hydrogen) atoms. The van der Waals surface area contributed by atoms with Gasteiger partial charge < -0.3 is 16.2 Å². The number of carboxylic acid groups (broad SMARTS) is 1. The summed E-state index contributed by atoms with van der Waals surface area (Å²) in [6.07, 6.45) is 1.29. The van der Waals surface area contributed by atoms with Crippen molar-refractivity contribution in [3.63, 3.8) is 0 Å². The Hall–Kier alpha value is -1.79. The Morgan fingerprint density at radius 1 is 1.42 bits per heavy atom. The van der Waals surface area contributed by atoms with Gasteiger partial charge in [0.1, 0.15) is 5.82 Å². The van der Waals surface area contributed by atoms with Crippen LogP contribution in [0.4, 0.5) is 17.2 Å². The molecule has 2 rings (SSSR count). The molecule has 1 aromatic heterocycles. The fourth-order valence-electron chi connectivity index (χ4n) is 1.45. The van der Waals surface area contributed by atoms with Crippen LogP contribution in [0.1, 0.15) is 10.4 Å². The highest BCUT2D eigenvalue weighted by atomic mass is 79.9. The number of halogens is 2. The molecule has 5 nitrogen and oxygen atoms in total. The Kier molecular flexibility index (Phi) is 3.92. The predicted molar refractivity (Wildman–Crippen MR) is 78.0 cm³/mol. The third-order valence-corrected chi connectivity index (χ3v) is 3.17. The Morgan fingerprint density at radius 3 is 2.79 bits per heavy atom. The van der Waals surface area contributed by atoms with Gasteiger partial charge in [0.25, 0.3) is 0 Å². The second-order valence-electron chi connectivity index (χ2n) is 3.71. The standard InChI is InChI=1S/C12H9BrClN3O2/c13-6-1-2-10(8(14)3-6)17-11-4-7(12(18)19)9(15)5-16-11/h1-5H,15H2,(H,16,17)(H,18,19).